The minimum atomic E-state index is -0.110. The van der Waals surface area contributed by atoms with E-state index in [1.807, 2.05) is 6.92 Å². The highest BCUT2D eigenvalue weighted by Crippen LogP contribution is 2.23. The van der Waals surface area contributed by atoms with Crippen LogP contribution in [0, 0.1) is 5.92 Å². The Labute approximate surface area is 90.8 Å². The molecule has 0 aromatic rings. The van der Waals surface area contributed by atoms with Crippen LogP contribution in [0.25, 0.3) is 0 Å². The zero-order chi connectivity index (χ0) is 11.1. The molecule has 0 heterocycles. The summed E-state index contributed by atoms with van der Waals surface area (Å²) < 4.78 is 0. The van der Waals surface area contributed by atoms with E-state index in [0.717, 1.165) is 32.1 Å². The molecule has 1 fully saturated rings. The highest BCUT2D eigenvalue weighted by Gasteiger charge is 2.20. The van der Waals surface area contributed by atoms with E-state index in [-0.39, 0.29) is 17.7 Å². The van der Waals surface area contributed by atoms with Crippen LogP contribution in [0.1, 0.15) is 51.9 Å². The molecule has 2 N–H and O–H groups in total. The maximum Gasteiger partial charge on any atom is 0.241 e. The second-order valence-electron chi connectivity index (χ2n) is 4.12. The number of hydrogen-bond acceptors (Lipinski definition) is 2. The summed E-state index contributed by atoms with van der Waals surface area (Å²) in [6.07, 6.45) is 6.65. The Bertz CT molecular complexity index is 223. The normalized spacial score (nSPS) is 17.1. The van der Waals surface area contributed by atoms with Gasteiger partial charge in [0.05, 0.1) is 0 Å². The lowest BCUT2D eigenvalue weighted by Gasteiger charge is -2.20. The van der Waals surface area contributed by atoms with Gasteiger partial charge in [0, 0.05) is 12.3 Å². The highest BCUT2D eigenvalue weighted by molar-refractivity contribution is 5.83. The van der Waals surface area contributed by atoms with Crippen molar-refractivity contribution in [2.75, 3.05) is 0 Å². The maximum absolute atomic E-state index is 11.6. The first-order valence-electron chi connectivity index (χ1n) is 5.82. The van der Waals surface area contributed by atoms with Crippen molar-refractivity contribution < 1.29 is 9.59 Å². The first-order chi connectivity index (χ1) is 7.24. The van der Waals surface area contributed by atoms with Crippen molar-refractivity contribution in [2.24, 2.45) is 5.92 Å². The quantitative estimate of drug-likeness (QED) is 0.697. The number of hydrogen-bond donors (Lipinski definition) is 2. The van der Waals surface area contributed by atoms with Crippen LogP contribution in [0.2, 0.25) is 0 Å². The summed E-state index contributed by atoms with van der Waals surface area (Å²) in [5.74, 6) is -0.0403. The zero-order valence-electron chi connectivity index (χ0n) is 9.34. The van der Waals surface area contributed by atoms with Crippen molar-refractivity contribution in [1.82, 2.24) is 10.9 Å². The van der Waals surface area contributed by atoms with E-state index < -0.39 is 0 Å². The van der Waals surface area contributed by atoms with Crippen molar-refractivity contribution in [3.8, 4) is 0 Å². The first kappa shape index (κ1) is 12.0. The van der Waals surface area contributed by atoms with E-state index in [9.17, 15) is 9.59 Å². The lowest BCUT2D eigenvalue weighted by molar-refractivity contribution is -0.131. The minimum absolute atomic E-state index is 0.0286. The molecule has 1 aliphatic rings. The minimum Gasteiger partial charge on any atom is -0.273 e. The topological polar surface area (TPSA) is 58.2 Å². The molecule has 1 aliphatic carbocycles. The molecule has 0 aromatic heterocycles. The summed E-state index contributed by atoms with van der Waals surface area (Å²) in [6, 6.07) is 0. The Kier molecular flexibility index (Phi) is 5.15. The van der Waals surface area contributed by atoms with Gasteiger partial charge in [0.1, 0.15) is 0 Å². The van der Waals surface area contributed by atoms with Gasteiger partial charge in [-0.3, -0.25) is 20.4 Å². The molecule has 1 saturated carbocycles. The fraction of sp³-hybridized carbons (Fsp3) is 0.818. The van der Waals surface area contributed by atoms with Crippen LogP contribution in [0.4, 0.5) is 0 Å². The van der Waals surface area contributed by atoms with Crippen LogP contribution in [-0.4, -0.2) is 11.8 Å². The molecule has 4 heteroatoms. The van der Waals surface area contributed by atoms with E-state index in [1.165, 1.54) is 6.42 Å². The molecule has 2 amide bonds. The number of hydrazine groups is 1. The van der Waals surface area contributed by atoms with E-state index >= 15 is 0 Å². The lowest BCUT2D eigenvalue weighted by Crippen LogP contribution is -2.44. The molecule has 1 rings (SSSR count). The van der Waals surface area contributed by atoms with Crippen LogP contribution < -0.4 is 10.9 Å². The largest absolute Gasteiger partial charge is 0.273 e. The molecular formula is C11H20N2O2. The fourth-order valence-electron chi connectivity index (χ4n) is 1.89. The van der Waals surface area contributed by atoms with Crippen molar-refractivity contribution >= 4 is 11.8 Å². The first-order valence-corrected chi connectivity index (χ1v) is 5.82. The second kappa shape index (κ2) is 6.43. The van der Waals surface area contributed by atoms with Crippen LogP contribution in [0.3, 0.4) is 0 Å². The van der Waals surface area contributed by atoms with E-state index in [2.05, 4.69) is 10.9 Å². The van der Waals surface area contributed by atoms with Crippen LogP contribution >= 0.6 is 0 Å². The SMILES string of the molecule is CCCC(=O)NNC(=O)C1CCCCC1. The molecule has 86 valence electrons. The summed E-state index contributed by atoms with van der Waals surface area (Å²) in [7, 11) is 0. The van der Waals surface area contributed by atoms with E-state index in [0.29, 0.717) is 6.42 Å². The molecule has 15 heavy (non-hydrogen) atoms. The summed E-state index contributed by atoms with van der Waals surface area (Å²) in [5.41, 5.74) is 4.94. The van der Waals surface area contributed by atoms with Gasteiger partial charge in [-0.25, -0.2) is 0 Å². The van der Waals surface area contributed by atoms with Gasteiger partial charge in [0.25, 0.3) is 0 Å². The molecule has 0 atom stereocenters. The van der Waals surface area contributed by atoms with Gasteiger partial charge in [-0.1, -0.05) is 26.2 Å². The molecular weight excluding hydrogens is 192 g/mol. The van der Waals surface area contributed by atoms with Gasteiger partial charge >= 0.3 is 0 Å². The molecule has 0 aromatic carbocycles. The number of carbonyl (C=O) groups excluding carboxylic acids is 2. The summed E-state index contributed by atoms with van der Waals surface area (Å²) in [4.78, 5) is 22.7. The van der Waals surface area contributed by atoms with Gasteiger partial charge in [0.15, 0.2) is 0 Å². The summed E-state index contributed by atoms with van der Waals surface area (Å²) >= 11 is 0. The summed E-state index contributed by atoms with van der Waals surface area (Å²) in [5, 5.41) is 0. The smallest absolute Gasteiger partial charge is 0.241 e. The van der Waals surface area contributed by atoms with Crippen LogP contribution in [-0.2, 0) is 9.59 Å². The average molecular weight is 212 g/mol. The number of amides is 2. The van der Waals surface area contributed by atoms with Crippen molar-refractivity contribution in [3.63, 3.8) is 0 Å². The molecule has 0 unspecified atom stereocenters. The Hall–Kier alpha value is -1.06. The third-order valence-corrected chi connectivity index (χ3v) is 2.78. The number of rotatable bonds is 3. The third kappa shape index (κ3) is 4.32. The average Bonchev–Trinajstić information content (AvgIpc) is 2.27. The molecule has 0 spiro atoms. The Morgan fingerprint density at radius 2 is 1.80 bits per heavy atom. The van der Waals surface area contributed by atoms with Crippen molar-refractivity contribution in [2.45, 2.75) is 51.9 Å². The predicted molar refractivity (Wildman–Crippen MR) is 57.8 cm³/mol. The van der Waals surface area contributed by atoms with Crippen LogP contribution in [0.15, 0.2) is 0 Å². The highest BCUT2D eigenvalue weighted by atomic mass is 16.2. The van der Waals surface area contributed by atoms with Gasteiger partial charge in [-0.05, 0) is 19.3 Å². The van der Waals surface area contributed by atoms with Crippen LogP contribution in [0.5, 0.6) is 0 Å². The molecule has 0 radical (unpaired) electrons. The van der Waals surface area contributed by atoms with Gasteiger partial charge in [-0.2, -0.15) is 0 Å². The fourth-order valence-corrected chi connectivity index (χ4v) is 1.89. The van der Waals surface area contributed by atoms with Gasteiger partial charge in [0.2, 0.25) is 11.8 Å². The van der Waals surface area contributed by atoms with Gasteiger partial charge < -0.3 is 0 Å². The molecule has 0 saturated heterocycles. The van der Waals surface area contributed by atoms with E-state index in [4.69, 9.17) is 0 Å². The van der Waals surface area contributed by atoms with Crippen molar-refractivity contribution in [1.29, 1.82) is 0 Å². The molecule has 0 aliphatic heterocycles. The standard InChI is InChI=1S/C11H20N2O2/c1-2-6-10(14)12-13-11(15)9-7-4-3-5-8-9/h9H,2-8H2,1H3,(H,12,14)(H,13,15). The van der Waals surface area contributed by atoms with E-state index in [1.54, 1.807) is 0 Å². The monoisotopic (exact) mass is 212 g/mol. The molecule has 4 nitrogen and oxygen atoms in total. The maximum atomic E-state index is 11.6. The van der Waals surface area contributed by atoms with Gasteiger partial charge in [-0.15, -0.1) is 0 Å². The second-order valence-corrected chi connectivity index (χ2v) is 4.12. The van der Waals surface area contributed by atoms with Crippen molar-refractivity contribution in [3.05, 3.63) is 0 Å². The Morgan fingerprint density at radius 1 is 1.13 bits per heavy atom. The number of carbonyl (C=O) groups is 2. The third-order valence-electron chi connectivity index (χ3n) is 2.78. The predicted octanol–water partition coefficient (Wildman–Crippen LogP) is 1.51. The zero-order valence-corrected chi connectivity index (χ0v) is 9.34. The summed E-state index contributed by atoms with van der Waals surface area (Å²) in [6.45, 7) is 1.93. The molecule has 0 bridgehead atoms. The Morgan fingerprint density at radius 3 is 2.40 bits per heavy atom. The lowest BCUT2D eigenvalue weighted by atomic mass is 9.89. The number of nitrogens with one attached hydrogen (secondary N) is 2. The Balaban J connectivity index is 2.19.